The number of rotatable bonds is 5. The molecule has 4 rings (SSSR count). The van der Waals surface area contributed by atoms with Gasteiger partial charge in [0.15, 0.2) is 5.96 Å². The highest BCUT2D eigenvalue weighted by atomic mass is 127. The van der Waals surface area contributed by atoms with Gasteiger partial charge in [-0.15, -0.1) is 35.3 Å². The standard InChI is InChI=1S/C19H24N4OS.HI/c1-2-20-19(23-16-10-15-8-9-17(16)24-15)21-11-14-12-25-18(22-14)13-6-4-3-5-7-13;/h3-7,12,15-17H,2,8-11H2,1H3,(H2,20,21,23);1H. The van der Waals surface area contributed by atoms with Crippen LogP contribution in [0.25, 0.3) is 10.6 Å². The van der Waals surface area contributed by atoms with Crippen LogP contribution in [0.15, 0.2) is 40.7 Å². The van der Waals surface area contributed by atoms with E-state index in [0.29, 0.717) is 24.8 Å². The van der Waals surface area contributed by atoms with Gasteiger partial charge in [0, 0.05) is 17.5 Å². The maximum absolute atomic E-state index is 5.92. The van der Waals surface area contributed by atoms with E-state index in [1.54, 1.807) is 11.3 Å². The van der Waals surface area contributed by atoms with Crippen molar-refractivity contribution in [2.75, 3.05) is 6.54 Å². The number of ether oxygens (including phenoxy) is 1. The minimum Gasteiger partial charge on any atom is -0.373 e. The number of guanidine groups is 1. The van der Waals surface area contributed by atoms with E-state index in [-0.39, 0.29) is 24.0 Å². The third-order valence-electron chi connectivity index (χ3n) is 4.74. The largest absolute Gasteiger partial charge is 0.373 e. The molecule has 3 unspecified atom stereocenters. The van der Waals surface area contributed by atoms with Crippen LogP contribution in [-0.2, 0) is 11.3 Å². The third kappa shape index (κ3) is 4.55. The smallest absolute Gasteiger partial charge is 0.191 e. The number of hydrogen-bond donors (Lipinski definition) is 2. The first-order valence-corrected chi connectivity index (χ1v) is 9.90. The number of nitrogens with one attached hydrogen (secondary N) is 2. The fraction of sp³-hybridized carbons (Fsp3) is 0.474. The van der Waals surface area contributed by atoms with Crippen LogP contribution in [0.1, 0.15) is 31.9 Å². The molecule has 0 radical (unpaired) electrons. The molecule has 7 heteroatoms. The summed E-state index contributed by atoms with van der Waals surface area (Å²) in [5.41, 5.74) is 2.16. The number of fused-ring (bicyclic) bond motifs is 2. The first-order valence-electron chi connectivity index (χ1n) is 9.02. The number of halogens is 1. The Balaban J connectivity index is 0.00000196. The summed E-state index contributed by atoms with van der Waals surface area (Å²) in [5, 5.41) is 10.0. The molecule has 2 fully saturated rings. The molecule has 5 nitrogen and oxygen atoms in total. The molecular formula is C19H25IN4OS. The lowest BCUT2D eigenvalue weighted by atomic mass is 9.96. The first-order chi connectivity index (χ1) is 12.3. The number of thiazole rings is 1. The topological polar surface area (TPSA) is 58.5 Å². The fourth-order valence-electron chi connectivity index (χ4n) is 3.54. The Hall–Kier alpha value is -1.19. The Morgan fingerprint density at radius 1 is 1.31 bits per heavy atom. The van der Waals surface area contributed by atoms with Crippen molar-refractivity contribution >= 4 is 41.3 Å². The van der Waals surface area contributed by atoms with Crippen LogP contribution >= 0.6 is 35.3 Å². The highest BCUT2D eigenvalue weighted by molar-refractivity contribution is 14.0. The number of aliphatic imine (C=N–C) groups is 1. The molecule has 0 spiro atoms. The second-order valence-corrected chi connectivity index (χ2v) is 7.42. The van der Waals surface area contributed by atoms with Crippen molar-refractivity contribution in [3.8, 4) is 10.6 Å². The van der Waals surface area contributed by atoms with Gasteiger partial charge in [-0.25, -0.2) is 9.98 Å². The highest BCUT2D eigenvalue weighted by Crippen LogP contribution is 2.34. The van der Waals surface area contributed by atoms with E-state index in [9.17, 15) is 0 Å². The molecule has 0 aliphatic carbocycles. The summed E-state index contributed by atoms with van der Waals surface area (Å²) < 4.78 is 5.92. The zero-order valence-electron chi connectivity index (χ0n) is 14.9. The predicted octanol–water partition coefficient (Wildman–Crippen LogP) is 3.80. The molecule has 2 saturated heterocycles. The number of aromatic nitrogens is 1. The van der Waals surface area contributed by atoms with Crippen LogP contribution in [0.5, 0.6) is 0 Å². The van der Waals surface area contributed by atoms with Crippen LogP contribution in [0.2, 0.25) is 0 Å². The summed E-state index contributed by atoms with van der Waals surface area (Å²) in [5.74, 6) is 0.859. The van der Waals surface area contributed by atoms with E-state index < -0.39 is 0 Å². The molecule has 2 aliphatic rings. The number of hydrogen-bond acceptors (Lipinski definition) is 4. The lowest BCUT2D eigenvalue weighted by Crippen LogP contribution is -2.47. The maximum Gasteiger partial charge on any atom is 0.191 e. The zero-order chi connectivity index (χ0) is 17.1. The Bertz CT molecular complexity index is 736. The van der Waals surface area contributed by atoms with Crippen LogP contribution < -0.4 is 10.6 Å². The molecule has 0 amide bonds. The van der Waals surface area contributed by atoms with Gasteiger partial charge < -0.3 is 15.4 Å². The average Bonchev–Trinajstić information content (AvgIpc) is 3.37. The molecule has 0 saturated carbocycles. The normalized spacial score (nSPS) is 24.3. The van der Waals surface area contributed by atoms with Gasteiger partial charge in [0.25, 0.3) is 0 Å². The predicted molar refractivity (Wildman–Crippen MR) is 117 cm³/mol. The lowest BCUT2D eigenvalue weighted by molar-refractivity contribution is 0.0992. The quantitative estimate of drug-likeness (QED) is 0.385. The van der Waals surface area contributed by atoms with Gasteiger partial charge in [-0.05, 0) is 26.2 Å². The van der Waals surface area contributed by atoms with Gasteiger partial charge in [-0.3, -0.25) is 0 Å². The van der Waals surface area contributed by atoms with E-state index in [0.717, 1.165) is 41.6 Å². The minimum absolute atomic E-state index is 0. The number of benzene rings is 1. The molecule has 2 bridgehead atoms. The van der Waals surface area contributed by atoms with Crippen molar-refractivity contribution in [2.24, 2.45) is 4.99 Å². The van der Waals surface area contributed by atoms with Crippen molar-refractivity contribution in [1.82, 2.24) is 15.6 Å². The monoisotopic (exact) mass is 484 g/mol. The lowest BCUT2D eigenvalue weighted by Gasteiger charge is -2.22. The van der Waals surface area contributed by atoms with Crippen molar-refractivity contribution < 1.29 is 4.74 Å². The molecule has 140 valence electrons. The van der Waals surface area contributed by atoms with E-state index in [4.69, 9.17) is 14.7 Å². The second-order valence-electron chi connectivity index (χ2n) is 6.57. The third-order valence-corrected chi connectivity index (χ3v) is 5.68. The summed E-state index contributed by atoms with van der Waals surface area (Å²) in [7, 11) is 0. The van der Waals surface area contributed by atoms with E-state index in [1.165, 1.54) is 6.42 Å². The summed E-state index contributed by atoms with van der Waals surface area (Å²) in [4.78, 5) is 9.43. The van der Waals surface area contributed by atoms with Crippen LogP contribution in [0, 0.1) is 0 Å². The second kappa shape index (κ2) is 9.14. The Morgan fingerprint density at radius 3 is 2.85 bits per heavy atom. The fourth-order valence-corrected chi connectivity index (χ4v) is 4.36. The van der Waals surface area contributed by atoms with Gasteiger partial charge in [0.2, 0.25) is 0 Å². The van der Waals surface area contributed by atoms with Gasteiger partial charge in [0.05, 0.1) is 30.5 Å². The molecule has 3 heterocycles. The first kappa shape index (κ1) is 19.6. The van der Waals surface area contributed by atoms with Crippen molar-refractivity contribution in [2.45, 2.75) is 51.0 Å². The van der Waals surface area contributed by atoms with E-state index in [2.05, 4.69) is 35.1 Å². The maximum atomic E-state index is 5.92. The van der Waals surface area contributed by atoms with Crippen LogP contribution in [-0.4, -0.2) is 35.7 Å². The van der Waals surface area contributed by atoms with E-state index >= 15 is 0 Å². The molecule has 3 atom stereocenters. The van der Waals surface area contributed by atoms with Gasteiger partial charge in [0.1, 0.15) is 5.01 Å². The molecule has 26 heavy (non-hydrogen) atoms. The van der Waals surface area contributed by atoms with Crippen LogP contribution in [0.4, 0.5) is 0 Å². The van der Waals surface area contributed by atoms with Gasteiger partial charge >= 0.3 is 0 Å². The minimum atomic E-state index is 0. The SMILES string of the molecule is CCNC(=NCc1csc(-c2ccccc2)n1)NC1CC2CCC1O2.I. The summed E-state index contributed by atoms with van der Waals surface area (Å²) >= 11 is 1.67. The van der Waals surface area contributed by atoms with Crippen LogP contribution in [0.3, 0.4) is 0 Å². The number of nitrogens with zero attached hydrogens (tertiary/aromatic N) is 2. The highest BCUT2D eigenvalue weighted by Gasteiger charge is 2.41. The molecule has 2 aliphatic heterocycles. The summed E-state index contributed by atoms with van der Waals surface area (Å²) in [6.07, 6.45) is 4.24. The van der Waals surface area contributed by atoms with Gasteiger partial charge in [-0.2, -0.15) is 0 Å². The summed E-state index contributed by atoms with van der Waals surface area (Å²) in [6, 6.07) is 10.7. The van der Waals surface area contributed by atoms with Crippen molar-refractivity contribution in [3.05, 3.63) is 41.4 Å². The van der Waals surface area contributed by atoms with Crippen molar-refractivity contribution in [3.63, 3.8) is 0 Å². The molecule has 1 aromatic carbocycles. The molecule has 2 aromatic rings. The zero-order valence-corrected chi connectivity index (χ0v) is 18.0. The van der Waals surface area contributed by atoms with Gasteiger partial charge in [-0.1, -0.05) is 30.3 Å². The summed E-state index contributed by atoms with van der Waals surface area (Å²) in [6.45, 7) is 3.52. The van der Waals surface area contributed by atoms with E-state index in [1.807, 2.05) is 18.2 Å². The molecular weight excluding hydrogens is 459 g/mol. The molecule has 2 N–H and O–H groups in total. The Kier molecular flexibility index (Phi) is 6.88. The van der Waals surface area contributed by atoms with Crippen molar-refractivity contribution in [1.29, 1.82) is 0 Å². The molecule has 1 aromatic heterocycles. The average molecular weight is 484 g/mol. The Morgan fingerprint density at radius 2 is 2.15 bits per heavy atom. The Labute approximate surface area is 175 Å².